The van der Waals surface area contributed by atoms with Crippen LogP contribution in [0.25, 0.3) is 0 Å². The molecular formula is C57H84O7. The number of allylic oxidation sites excluding steroid dienone is 24. The van der Waals surface area contributed by atoms with E-state index in [1.54, 1.807) is 0 Å². The Bertz CT molecular complexity index is 1950. The van der Waals surface area contributed by atoms with Gasteiger partial charge in [0.1, 0.15) is 24.4 Å². The van der Waals surface area contributed by atoms with Crippen LogP contribution in [0.3, 0.4) is 0 Å². The van der Waals surface area contributed by atoms with E-state index < -0.39 is 37.3 Å². The van der Waals surface area contributed by atoms with Gasteiger partial charge in [-0.15, -0.1) is 0 Å². The fourth-order valence-corrected chi connectivity index (χ4v) is 9.08. The summed E-state index contributed by atoms with van der Waals surface area (Å²) in [7, 11) is 0. The molecule has 0 radical (unpaired) electrons. The maximum Gasteiger partial charge on any atom is 0.187 e. The van der Waals surface area contributed by atoms with Crippen molar-refractivity contribution < 1.29 is 35.0 Å². The minimum absolute atomic E-state index is 0.0225. The van der Waals surface area contributed by atoms with Crippen LogP contribution in [0.4, 0.5) is 0 Å². The molecule has 0 aromatic heterocycles. The first-order chi connectivity index (χ1) is 30.1. The van der Waals surface area contributed by atoms with Gasteiger partial charge in [-0.25, -0.2) is 0 Å². The Hall–Kier alpha value is -3.66. The molecule has 9 atom stereocenters. The van der Waals surface area contributed by atoms with Gasteiger partial charge in [-0.1, -0.05) is 176 Å². The average Bonchev–Trinajstić information content (AvgIpc) is 3.24. The van der Waals surface area contributed by atoms with Gasteiger partial charge in [0.05, 0.1) is 19.8 Å². The zero-order valence-corrected chi connectivity index (χ0v) is 41.5. The Morgan fingerprint density at radius 3 is 1.61 bits per heavy atom. The van der Waals surface area contributed by atoms with Crippen LogP contribution in [-0.2, 0) is 9.47 Å². The fourth-order valence-electron chi connectivity index (χ4n) is 9.08. The molecule has 7 heteroatoms. The lowest BCUT2D eigenvalue weighted by atomic mass is 9.60. The van der Waals surface area contributed by atoms with Crippen molar-refractivity contribution in [3.05, 3.63) is 153 Å². The summed E-state index contributed by atoms with van der Waals surface area (Å²) in [6.07, 6.45) is 35.0. The van der Waals surface area contributed by atoms with E-state index in [1.807, 2.05) is 13.8 Å². The van der Waals surface area contributed by atoms with Gasteiger partial charge in [-0.05, 0) is 116 Å². The van der Waals surface area contributed by atoms with E-state index in [4.69, 9.17) is 9.47 Å². The van der Waals surface area contributed by atoms with Crippen molar-refractivity contribution in [2.75, 3.05) is 19.8 Å². The molecule has 1 aliphatic heterocycles. The summed E-state index contributed by atoms with van der Waals surface area (Å²) in [5.41, 5.74) is 11.1. The maximum absolute atomic E-state index is 10.3. The molecule has 0 aromatic carbocycles. The normalized spacial score (nSPS) is 30.6. The van der Waals surface area contributed by atoms with E-state index in [0.29, 0.717) is 23.7 Å². The van der Waals surface area contributed by atoms with Crippen LogP contribution in [0, 0.1) is 34.5 Å². The lowest BCUT2D eigenvalue weighted by Crippen LogP contribution is -2.59. The molecule has 1 saturated heterocycles. The Morgan fingerprint density at radius 1 is 0.641 bits per heavy atom. The van der Waals surface area contributed by atoms with Crippen molar-refractivity contribution in [2.45, 2.75) is 146 Å². The highest BCUT2D eigenvalue weighted by atomic mass is 16.7. The Morgan fingerprint density at radius 2 is 1.11 bits per heavy atom. The summed E-state index contributed by atoms with van der Waals surface area (Å²) in [5, 5.41) is 49.5. The summed E-state index contributed by atoms with van der Waals surface area (Å²) >= 11 is 0. The monoisotopic (exact) mass is 881 g/mol. The van der Waals surface area contributed by atoms with Crippen LogP contribution < -0.4 is 0 Å². The van der Waals surface area contributed by atoms with E-state index in [0.717, 1.165) is 42.4 Å². The van der Waals surface area contributed by atoms with Gasteiger partial charge < -0.3 is 35.0 Å². The Labute approximate surface area is 387 Å². The average molecular weight is 881 g/mol. The van der Waals surface area contributed by atoms with E-state index in [-0.39, 0.29) is 24.0 Å². The van der Waals surface area contributed by atoms with Gasteiger partial charge in [0.25, 0.3) is 0 Å². The topological polar surface area (TPSA) is 120 Å². The van der Waals surface area contributed by atoms with Crippen LogP contribution >= 0.6 is 0 Å². The summed E-state index contributed by atoms with van der Waals surface area (Å²) < 4.78 is 11.3. The van der Waals surface area contributed by atoms with Crippen molar-refractivity contribution in [3.63, 3.8) is 0 Å². The predicted molar refractivity (Wildman–Crippen MR) is 267 cm³/mol. The van der Waals surface area contributed by atoms with E-state index in [9.17, 15) is 25.5 Å². The molecule has 0 spiro atoms. The number of hydrogen-bond donors (Lipinski definition) is 5. The molecule has 3 aliphatic rings. The molecule has 0 bridgehead atoms. The summed E-state index contributed by atoms with van der Waals surface area (Å²) in [4.78, 5) is 0. The third-order valence-corrected chi connectivity index (χ3v) is 14.1. The molecule has 1 heterocycles. The smallest absolute Gasteiger partial charge is 0.187 e. The molecule has 9 unspecified atom stereocenters. The second kappa shape index (κ2) is 25.9. The minimum Gasteiger partial charge on any atom is -0.394 e. The van der Waals surface area contributed by atoms with E-state index >= 15 is 0 Å². The number of ether oxygens (including phenoxy) is 2. The Kier molecular flexibility index (Phi) is 22.1. The van der Waals surface area contributed by atoms with Crippen molar-refractivity contribution in [1.82, 2.24) is 0 Å². The highest BCUT2D eigenvalue weighted by Crippen LogP contribution is 2.49. The van der Waals surface area contributed by atoms with Crippen molar-refractivity contribution in [1.29, 1.82) is 0 Å². The Balaban J connectivity index is 1.51. The molecule has 1 fully saturated rings. The SMILES string of the molecule is CC(C=CC=C(C)C=CC1C(C)=CCC(CC=C(C)COC2OC(CO)C(O)C(O)C2O)C1(C)C)=CC=CC=C(C)C=CC=C(C)C=CC1C(C)=CCC(CC(C)=C(C)CO)C1(C)C. The molecule has 2 aliphatic carbocycles. The first-order valence-corrected chi connectivity index (χ1v) is 23.4. The van der Waals surface area contributed by atoms with E-state index in [2.05, 4.69) is 179 Å². The standard InChI is InChI=1S/C57H84O7/c1-38(18-14-15-19-39(2)21-17-23-41(4)26-33-50-44(7)28-31-48(57(50,12)13)34-45(8)46(9)35-58)20-16-22-40(3)25-32-49-43(6)27-30-47(56(49,10)11)29-24-42(5)37-63-55-54(62)53(61)52(60)51(36-59)64-55/h14-28,32-33,47-55,58-62H,29-31,34-37H2,1-13H3. The first kappa shape index (κ1) is 54.7. The second-order valence-corrected chi connectivity index (χ2v) is 20.0. The molecule has 0 aromatic rings. The minimum atomic E-state index is -1.45. The maximum atomic E-state index is 10.3. The van der Waals surface area contributed by atoms with E-state index in [1.165, 1.54) is 33.4 Å². The second-order valence-electron chi connectivity index (χ2n) is 20.0. The predicted octanol–water partition coefficient (Wildman–Crippen LogP) is 11.6. The zero-order chi connectivity index (χ0) is 47.8. The molecule has 64 heavy (non-hydrogen) atoms. The molecule has 354 valence electrons. The van der Waals surface area contributed by atoms with Gasteiger partial charge in [-0.2, -0.15) is 0 Å². The number of aliphatic hydroxyl groups excluding tert-OH is 5. The van der Waals surface area contributed by atoms with Crippen molar-refractivity contribution in [2.24, 2.45) is 34.5 Å². The highest BCUT2D eigenvalue weighted by molar-refractivity contribution is 5.34. The summed E-state index contributed by atoms with van der Waals surface area (Å²) in [6.45, 7) is 28.5. The van der Waals surface area contributed by atoms with Gasteiger partial charge >= 0.3 is 0 Å². The number of aliphatic hydroxyl groups is 5. The molecule has 0 saturated carbocycles. The van der Waals surface area contributed by atoms with Gasteiger partial charge in [0.15, 0.2) is 6.29 Å². The lowest BCUT2D eigenvalue weighted by molar-refractivity contribution is -0.299. The van der Waals surface area contributed by atoms with Gasteiger partial charge in [0, 0.05) is 11.8 Å². The number of rotatable bonds is 19. The van der Waals surface area contributed by atoms with Crippen LogP contribution in [0.15, 0.2) is 153 Å². The number of hydrogen-bond acceptors (Lipinski definition) is 7. The lowest BCUT2D eigenvalue weighted by Gasteiger charge is -2.44. The fraction of sp³-hybridized carbons (Fsp3) is 0.544. The molecule has 0 amide bonds. The van der Waals surface area contributed by atoms with Crippen molar-refractivity contribution >= 4 is 0 Å². The molecule has 3 rings (SSSR count). The van der Waals surface area contributed by atoms with Crippen LogP contribution in [0.2, 0.25) is 0 Å². The largest absolute Gasteiger partial charge is 0.394 e. The van der Waals surface area contributed by atoms with Crippen LogP contribution in [-0.4, -0.2) is 76.1 Å². The quantitative estimate of drug-likeness (QED) is 0.0647. The van der Waals surface area contributed by atoms with Gasteiger partial charge in [0.2, 0.25) is 0 Å². The third-order valence-electron chi connectivity index (χ3n) is 14.1. The summed E-state index contributed by atoms with van der Waals surface area (Å²) in [5.74, 6) is 1.63. The molecule has 5 N–H and O–H groups in total. The van der Waals surface area contributed by atoms with Crippen LogP contribution in [0.5, 0.6) is 0 Å². The molecule has 7 nitrogen and oxygen atoms in total. The summed E-state index contributed by atoms with van der Waals surface area (Å²) in [6, 6.07) is 0. The zero-order valence-electron chi connectivity index (χ0n) is 41.5. The third kappa shape index (κ3) is 16.0. The first-order valence-electron chi connectivity index (χ1n) is 23.4. The molecular weight excluding hydrogens is 797 g/mol. The van der Waals surface area contributed by atoms with Crippen molar-refractivity contribution in [3.8, 4) is 0 Å². The van der Waals surface area contributed by atoms with Crippen LogP contribution in [0.1, 0.15) is 116 Å². The van der Waals surface area contributed by atoms with Gasteiger partial charge in [-0.3, -0.25) is 0 Å². The highest BCUT2D eigenvalue weighted by Gasteiger charge is 2.44.